The van der Waals surface area contributed by atoms with Crippen LogP contribution < -0.4 is 5.32 Å². The fourth-order valence-corrected chi connectivity index (χ4v) is 1.82. The van der Waals surface area contributed by atoms with E-state index in [9.17, 15) is 0 Å². The van der Waals surface area contributed by atoms with Gasteiger partial charge in [-0.3, -0.25) is 4.98 Å². The second-order valence-electron chi connectivity index (χ2n) is 3.42. The normalized spacial score (nSPS) is 21.2. The Balaban J connectivity index is 0.000000845. The van der Waals surface area contributed by atoms with Gasteiger partial charge < -0.3 is 5.32 Å². The number of hydrogen-bond acceptors (Lipinski definition) is 2. The SMILES string of the molecule is Cc1ccncc1C1CCNC1.Cl. The summed E-state index contributed by atoms with van der Waals surface area (Å²) in [5.41, 5.74) is 2.79. The van der Waals surface area contributed by atoms with Gasteiger partial charge in [0.2, 0.25) is 0 Å². The average molecular weight is 199 g/mol. The Labute approximate surface area is 85.2 Å². The van der Waals surface area contributed by atoms with E-state index < -0.39 is 0 Å². The van der Waals surface area contributed by atoms with Gasteiger partial charge in [-0.05, 0) is 43.0 Å². The van der Waals surface area contributed by atoms with Crippen molar-refractivity contribution in [3.05, 3.63) is 29.6 Å². The molecule has 2 heterocycles. The Morgan fingerprint density at radius 3 is 3.00 bits per heavy atom. The van der Waals surface area contributed by atoms with E-state index >= 15 is 0 Å². The highest BCUT2D eigenvalue weighted by atomic mass is 35.5. The van der Waals surface area contributed by atoms with E-state index in [4.69, 9.17) is 0 Å². The summed E-state index contributed by atoms with van der Waals surface area (Å²) >= 11 is 0. The molecule has 1 atom stereocenters. The first kappa shape index (κ1) is 10.5. The van der Waals surface area contributed by atoms with E-state index in [1.807, 2.05) is 12.4 Å². The van der Waals surface area contributed by atoms with Crippen molar-refractivity contribution >= 4 is 12.4 Å². The smallest absolute Gasteiger partial charge is 0.0305 e. The van der Waals surface area contributed by atoms with Crippen molar-refractivity contribution in [1.82, 2.24) is 10.3 Å². The van der Waals surface area contributed by atoms with Gasteiger partial charge >= 0.3 is 0 Å². The highest BCUT2D eigenvalue weighted by Gasteiger charge is 2.17. The first-order valence-corrected chi connectivity index (χ1v) is 4.49. The van der Waals surface area contributed by atoms with E-state index in [1.54, 1.807) is 0 Å². The summed E-state index contributed by atoms with van der Waals surface area (Å²) in [7, 11) is 0. The molecule has 72 valence electrons. The molecule has 13 heavy (non-hydrogen) atoms. The Morgan fingerprint density at radius 2 is 2.38 bits per heavy atom. The molecule has 0 saturated carbocycles. The maximum absolute atomic E-state index is 4.16. The number of aromatic nitrogens is 1. The van der Waals surface area contributed by atoms with Gasteiger partial charge in [-0.1, -0.05) is 0 Å². The Hall–Kier alpha value is -0.600. The molecular weight excluding hydrogens is 184 g/mol. The number of nitrogens with one attached hydrogen (secondary N) is 1. The lowest BCUT2D eigenvalue weighted by Gasteiger charge is -2.10. The molecular formula is C10H15ClN2. The molecule has 3 heteroatoms. The fraction of sp³-hybridized carbons (Fsp3) is 0.500. The molecule has 0 aliphatic carbocycles. The molecule has 1 aromatic rings. The molecule has 1 fully saturated rings. The standard InChI is InChI=1S/C10H14N2.ClH/c1-8-2-4-12-7-10(8)9-3-5-11-6-9;/h2,4,7,9,11H,3,5-6H2,1H3;1H. The van der Waals surface area contributed by atoms with Crippen molar-refractivity contribution in [2.75, 3.05) is 13.1 Å². The molecule has 1 saturated heterocycles. The van der Waals surface area contributed by atoms with Crippen LogP contribution in [0.5, 0.6) is 0 Å². The van der Waals surface area contributed by atoms with Crippen molar-refractivity contribution < 1.29 is 0 Å². The third kappa shape index (κ3) is 2.20. The lowest BCUT2D eigenvalue weighted by molar-refractivity contribution is 0.752. The summed E-state index contributed by atoms with van der Waals surface area (Å²) in [5.74, 6) is 0.693. The Morgan fingerprint density at radius 1 is 1.54 bits per heavy atom. The van der Waals surface area contributed by atoms with Crippen LogP contribution in [-0.2, 0) is 0 Å². The van der Waals surface area contributed by atoms with E-state index in [2.05, 4.69) is 23.3 Å². The zero-order valence-corrected chi connectivity index (χ0v) is 8.60. The maximum Gasteiger partial charge on any atom is 0.0305 e. The van der Waals surface area contributed by atoms with Gasteiger partial charge in [-0.15, -0.1) is 12.4 Å². The Bertz CT molecular complexity index is 269. The van der Waals surface area contributed by atoms with Crippen LogP contribution >= 0.6 is 12.4 Å². The van der Waals surface area contributed by atoms with Gasteiger partial charge in [-0.2, -0.15) is 0 Å². The van der Waals surface area contributed by atoms with Gasteiger partial charge in [0.05, 0.1) is 0 Å². The molecule has 1 aliphatic rings. The van der Waals surface area contributed by atoms with Crippen molar-refractivity contribution in [2.45, 2.75) is 19.3 Å². The van der Waals surface area contributed by atoms with Gasteiger partial charge in [-0.25, -0.2) is 0 Å². The zero-order valence-electron chi connectivity index (χ0n) is 7.79. The summed E-state index contributed by atoms with van der Waals surface area (Å²) < 4.78 is 0. The molecule has 1 aromatic heterocycles. The second kappa shape index (κ2) is 4.58. The van der Waals surface area contributed by atoms with Crippen molar-refractivity contribution in [3.63, 3.8) is 0 Å². The van der Waals surface area contributed by atoms with E-state index in [1.165, 1.54) is 17.5 Å². The molecule has 0 aromatic carbocycles. The molecule has 2 rings (SSSR count). The summed E-state index contributed by atoms with van der Waals surface area (Å²) in [6.45, 7) is 4.43. The summed E-state index contributed by atoms with van der Waals surface area (Å²) in [4.78, 5) is 4.16. The number of halogens is 1. The first-order valence-electron chi connectivity index (χ1n) is 4.49. The van der Waals surface area contributed by atoms with Crippen LogP contribution in [0.1, 0.15) is 23.5 Å². The second-order valence-corrected chi connectivity index (χ2v) is 3.42. The molecule has 2 nitrogen and oxygen atoms in total. The number of pyridine rings is 1. The van der Waals surface area contributed by atoms with Crippen LogP contribution in [0.15, 0.2) is 18.5 Å². The van der Waals surface area contributed by atoms with Gasteiger partial charge in [0.1, 0.15) is 0 Å². The molecule has 0 radical (unpaired) electrons. The first-order chi connectivity index (χ1) is 5.88. The van der Waals surface area contributed by atoms with Gasteiger partial charge in [0, 0.05) is 18.9 Å². The number of aryl methyl sites for hydroxylation is 1. The summed E-state index contributed by atoms with van der Waals surface area (Å²) in [5, 5.41) is 3.37. The predicted octanol–water partition coefficient (Wildman–Crippen LogP) is 1.89. The highest BCUT2D eigenvalue weighted by molar-refractivity contribution is 5.85. The van der Waals surface area contributed by atoms with Gasteiger partial charge in [0.25, 0.3) is 0 Å². The molecule has 0 amide bonds. The molecule has 1 unspecified atom stereocenters. The van der Waals surface area contributed by atoms with Crippen molar-refractivity contribution in [1.29, 1.82) is 0 Å². The number of hydrogen-bond donors (Lipinski definition) is 1. The summed E-state index contributed by atoms with van der Waals surface area (Å²) in [6, 6.07) is 2.09. The molecule has 1 N–H and O–H groups in total. The maximum atomic E-state index is 4.16. The van der Waals surface area contributed by atoms with Crippen LogP contribution in [0.25, 0.3) is 0 Å². The van der Waals surface area contributed by atoms with E-state index in [-0.39, 0.29) is 12.4 Å². The quantitative estimate of drug-likeness (QED) is 0.746. The van der Waals surface area contributed by atoms with Crippen molar-refractivity contribution in [3.8, 4) is 0 Å². The average Bonchev–Trinajstić information content (AvgIpc) is 2.57. The predicted molar refractivity (Wildman–Crippen MR) is 56.4 cm³/mol. The molecule has 0 spiro atoms. The van der Waals surface area contributed by atoms with Crippen LogP contribution in [0.4, 0.5) is 0 Å². The highest BCUT2D eigenvalue weighted by Crippen LogP contribution is 2.23. The third-order valence-corrected chi connectivity index (χ3v) is 2.58. The summed E-state index contributed by atoms with van der Waals surface area (Å²) in [6.07, 6.45) is 5.13. The van der Waals surface area contributed by atoms with Crippen molar-refractivity contribution in [2.24, 2.45) is 0 Å². The fourth-order valence-electron chi connectivity index (χ4n) is 1.82. The minimum Gasteiger partial charge on any atom is -0.316 e. The molecule has 0 bridgehead atoms. The largest absolute Gasteiger partial charge is 0.316 e. The topological polar surface area (TPSA) is 24.9 Å². The van der Waals surface area contributed by atoms with Crippen LogP contribution in [0.2, 0.25) is 0 Å². The van der Waals surface area contributed by atoms with E-state index in [0.717, 1.165) is 13.1 Å². The minimum absolute atomic E-state index is 0. The van der Waals surface area contributed by atoms with Gasteiger partial charge in [0.15, 0.2) is 0 Å². The minimum atomic E-state index is 0. The van der Waals surface area contributed by atoms with Crippen LogP contribution in [0.3, 0.4) is 0 Å². The number of nitrogens with zero attached hydrogens (tertiary/aromatic N) is 1. The third-order valence-electron chi connectivity index (χ3n) is 2.58. The zero-order chi connectivity index (χ0) is 8.39. The Kier molecular flexibility index (Phi) is 3.70. The van der Waals surface area contributed by atoms with Crippen LogP contribution in [-0.4, -0.2) is 18.1 Å². The number of rotatable bonds is 1. The van der Waals surface area contributed by atoms with Crippen LogP contribution in [0, 0.1) is 6.92 Å². The molecule has 1 aliphatic heterocycles. The lowest BCUT2D eigenvalue weighted by Crippen LogP contribution is -2.08. The lowest BCUT2D eigenvalue weighted by atomic mass is 9.96. The van der Waals surface area contributed by atoms with E-state index in [0.29, 0.717) is 5.92 Å². The monoisotopic (exact) mass is 198 g/mol.